The van der Waals surface area contributed by atoms with E-state index in [1.54, 1.807) is 12.1 Å². The van der Waals surface area contributed by atoms with E-state index in [1.165, 1.54) is 12.1 Å². The van der Waals surface area contributed by atoms with Gasteiger partial charge in [0.15, 0.2) is 5.76 Å². The van der Waals surface area contributed by atoms with Crippen LogP contribution < -0.4 is 0 Å². The number of benzene rings is 2. The fourth-order valence-corrected chi connectivity index (χ4v) is 1.94. The maximum Gasteiger partial charge on any atom is 0.344 e. The van der Waals surface area contributed by atoms with Crippen molar-refractivity contribution in [3.63, 3.8) is 0 Å². The first-order valence-corrected chi connectivity index (χ1v) is 5.62. The van der Waals surface area contributed by atoms with Gasteiger partial charge in [-0.25, -0.2) is 9.59 Å². The molecule has 2 aromatic carbocycles. The topological polar surface area (TPSA) is 63.6 Å². The normalized spacial score (nSPS) is 19.0. The highest BCUT2D eigenvalue weighted by atomic mass is 16.5. The molecule has 0 unspecified atom stereocenters. The summed E-state index contributed by atoms with van der Waals surface area (Å²) in [5.74, 6) is -2.68. The van der Waals surface area contributed by atoms with Crippen molar-refractivity contribution in [2.45, 2.75) is 0 Å². The van der Waals surface area contributed by atoms with Crippen LogP contribution in [-0.4, -0.2) is 17.0 Å². The lowest BCUT2D eigenvalue weighted by Crippen LogP contribution is -2.03. The lowest BCUT2D eigenvalue weighted by Gasteiger charge is -2.06. The number of carbonyl (C=O) groups is 2. The van der Waals surface area contributed by atoms with Gasteiger partial charge in [-0.15, -0.1) is 0 Å². The van der Waals surface area contributed by atoms with Gasteiger partial charge in [0, 0.05) is 5.56 Å². The Bertz CT molecular complexity index is 952. The lowest BCUT2D eigenvalue weighted by molar-refractivity contribution is -0.130. The van der Waals surface area contributed by atoms with Gasteiger partial charge in [-0.3, -0.25) is 0 Å². The van der Waals surface area contributed by atoms with Crippen molar-refractivity contribution >= 4 is 23.3 Å². The van der Waals surface area contributed by atoms with Crippen molar-refractivity contribution < 1.29 is 26.3 Å². The van der Waals surface area contributed by atoms with Crippen LogP contribution in [0.15, 0.2) is 54.5 Å². The molecule has 98 valence electrons. The number of carbonyl (C=O) groups excluding carboxylic acids is 1. The molecule has 1 heterocycles. The Morgan fingerprint density at radius 2 is 1.75 bits per heavy atom. The zero-order valence-electron chi connectivity index (χ0n) is 15.0. The number of hydrogen-bond acceptors (Lipinski definition) is 3. The van der Waals surface area contributed by atoms with Gasteiger partial charge < -0.3 is 9.84 Å². The molecule has 0 radical (unpaired) electrons. The number of ether oxygens (including phenoxy) is 1. The molecule has 0 saturated heterocycles. The number of fused-ring (bicyclic) bond motifs is 1. The predicted octanol–water partition coefficient (Wildman–Crippen LogP) is 2.81. The highest BCUT2D eigenvalue weighted by Gasteiger charge is 2.31. The molecule has 0 saturated carbocycles. The molecule has 1 aliphatic rings. The second-order valence-electron chi connectivity index (χ2n) is 3.94. The fourth-order valence-electron chi connectivity index (χ4n) is 1.94. The van der Waals surface area contributed by atoms with E-state index in [0.717, 1.165) is 0 Å². The van der Waals surface area contributed by atoms with Crippen LogP contribution in [0, 0.1) is 0 Å². The summed E-state index contributed by atoms with van der Waals surface area (Å²) < 4.78 is 43.9. The minimum Gasteiger partial charge on any atom is -0.478 e. The smallest absolute Gasteiger partial charge is 0.344 e. The Kier molecular flexibility index (Phi) is 1.78. The fraction of sp³-hybridized carbons (Fsp3) is 0. The van der Waals surface area contributed by atoms with Crippen molar-refractivity contribution in [2.24, 2.45) is 0 Å². The molecule has 0 atom stereocenters. The number of carboxylic acid groups (broad SMARTS) is 1. The quantitative estimate of drug-likeness (QED) is 0.674. The molecule has 3 rings (SSSR count). The third-order valence-electron chi connectivity index (χ3n) is 2.78. The van der Waals surface area contributed by atoms with Crippen LogP contribution in [0.5, 0.6) is 0 Å². The van der Waals surface area contributed by atoms with Crippen LogP contribution in [0.25, 0.3) is 11.3 Å². The average molecular weight is 271 g/mol. The van der Waals surface area contributed by atoms with E-state index < -0.39 is 53.3 Å². The number of esters is 1. The minimum absolute atomic E-state index is 0.142. The van der Waals surface area contributed by atoms with E-state index in [-0.39, 0.29) is 16.9 Å². The van der Waals surface area contributed by atoms with E-state index in [9.17, 15) is 14.7 Å². The molecule has 20 heavy (non-hydrogen) atoms. The number of rotatable bonds is 2. The van der Waals surface area contributed by atoms with Crippen molar-refractivity contribution in [1.29, 1.82) is 0 Å². The summed E-state index contributed by atoms with van der Waals surface area (Å²) in [5.41, 5.74) is -0.853. The summed E-state index contributed by atoms with van der Waals surface area (Å²) in [6, 6.07) is 2.71. The maximum atomic E-state index is 11.9. The molecule has 2 aromatic rings. The maximum absolute atomic E-state index is 11.9. The Hall–Kier alpha value is -2.88. The van der Waals surface area contributed by atoms with Gasteiger partial charge in [-0.2, -0.15) is 0 Å². The van der Waals surface area contributed by atoms with Crippen molar-refractivity contribution in [1.82, 2.24) is 0 Å². The third kappa shape index (κ3) is 1.87. The molecule has 0 bridgehead atoms. The summed E-state index contributed by atoms with van der Waals surface area (Å²) in [6.07, 6.45) is 0. The molecule has 0 aliphatic carbocycles. The SMILES string of the molecule is [2H]c1c([2H])c([2H])c(/C(C(=O)O)=C2/OC(=O)c3ccccc32)c([2H])c1[2H]. The molecular formula is C16H10O4. The van der Waals surface area contributed by atoms with E-state index in [4.69, 9.17) is 11.6 Å². The van der Waals surface area contributed by atoms with Gasteiger partial charge in [0.1, 0.15) is 5.57 Å². The molecule has 0 spiro atoms. The van der Waals surface area contributed by atoms with Crippen LogP contribution in [0.1, 0.15) is 28.3 Å². The molecule has 4 nitrogen and oxygen atoms in total. The highest BCUT2D eigenvalue weighted by molar-refractivity contribution is 6.25. The zero-order chi connectivity index (χ0) is 18.5. The van der Waals surface area contributed by atoms with Gasteiger partial charge >= 0.3 is 11.9 Å². The standard InChI is InChI=1S/C16H10O4/c17-15(18)13(10-6-2-1-3-7-10)14-11-8-4-5-9-12(11)16(19)20-14/h1-9H,(H,17,18)/b14-13-/i1D,2D,3D,6D,7D. The van der Waals surface area contributed by atoms with Crippen LogP contribution in [-0.2, 0) is 9.53 Å². The van der Waals surface area contributed by atoms with Crippen LogP contribution in [0.2, 0.25) is 0 Å². The molecular weight excluding hydrogens is 256 g/mol. The molecule has 0 aromatic heterocycles. The van der Waals surface area contributed by atoms with Gasteiger partial charge in [-0.1, -0.05) is 48.4 Å². The van der Waals surface area contributed by atoms with E-state index in [2.05, 4.69) is 0 Å². The number of hydrogen-bond donors (Lipinski definition) is 1. The lowest BCUT2D eigenvalue weighted by atomic mass is 10.00. The van der Waals surface area contributed by atoms with Crippen LogP contribution >= 0.6 is 0 Å². The van der Waals surface area contributed by atoms with Gasteiger partial charge in [-0.05, 0) is 11.6 Å². The number of cyclic esters (lactones) is 1. The summed E-state index contributed by atoms with van der Waals surface area (Å²) in [4.78, 5) is 23.8. The molecule has 0 amide bonds. The number of carboxylic acids is 1. The zero-order valence-corrected chi connectivity index (χ0v) is 9.98. The largest absolute Gasteiger partial charge is 0.478 e. The van der Waals surface area contributed by atoms with E-state index in [0.29, 0.717) is 0 Å². The van der Waals surface area contributed by atoms with E-state index in [1.807, 2.05) is 0 Å². The van der Waals surface area contributed by atoms with E-state index >= 15 is 0 Å². The average Bonchev–Trinajstić information content (AvgIpc) is 2.91. The summed E-state index contributed by atoms with van der Waals surface area (Å²) in [7, 11) is 0. The predicted molar refractivity (Wildman–Crippen MR) is 72.7 cm³/mol. The van der Waals surface area contributed by atoms with Crippen LogP contribution in [0.3, 0.4) is 0 Å². The summed E-state index contributed by atoms with van der Waals surface area (Å²) in [6.45, 7) is 0. The first-order chi connectivity index (χ1) is 11.8. The Morgan fingerprint density at radius 1 is 1.10 bits per heavy atom. The third-order valence-corrected chi connectivity index (χ3v) is 2.78. The molecule has 4 heteroatoms. The molecule has 1 aliphatic heterocycles. The van der Waals surface area contributed by atoms with Crippen molar-refractivity contribution in [3.8, 4) is 0 Å². The number of aliphatic carboxylic acids is 1. The van der Waals surface area contributed by atoms with Gasteiger partial charge in [0.25, 0.3) is 0 Å². The first-order valence-electron chi connectivity index (χ1n) is 8.12. The molecule has 0 fully saturated rings. The highest BCUT2D eigenvalue weighted by Crippen LogP contribution is 2.35. The Labute approximate surface area is 122 Å². The molecule has 1 N–H and O–H groups in total. The van der Waals surface area contributed by atoms with Gasteiger partial charge in [0.2, 0.25) is 0 Å². The Balaban J connectivity index is 2.43. The minimum atomic E-state index is -1.57. The Morgan fingerprint density at radius 3 is 2.40 bits per heavy atom. The summed E-state index contributed by atoms with van der Waals surface area (Å²) in [5, 5.41) is 9.61. The second-order valence-corrected chi connectivity index (χ2v) is 3.94. The van der Waals surface area contributed by atoms with Gasteiger partial charge in [0.05, 0.1) is 12.4 Å². The van der Waals surface area contributed by atoms with Crippen molar-refractivity contribution in [3.05, 3.63) is 71.2 Å². The van der Waals surface area contributed by atoms with Crippen LogP contribution in [0.4, 0.5) is 0 Å². The van der Waals surface area contributed by atoms with Crippen molar-refractivity contribution in [2.75, 3.05) is 0 Å². The first kappa shape index (κ1) is 7.65. The monoisotopic (exact) mass is 271 g/mol. The summed E-state index contributed by atoms with van der Waals surface area (Å²) >= 11 is 0. The second kappa shape index (κ2) is 4.66.